The number of hydrogen-bond acceptors (Lipinski definition) is 2. The number of hydrogen-bond donors (Lipinski definition) is 0. The highest BCUT2D eigenvalue weighted by atomic mass is 28.3. The van der Waals surface area contributed by atoms with Crippen LogP contribution in [0.3, 0.4) is 0 Å². The Balaban J connectivity index is 4.27. The van der Waals surface area contributed by atoms with Gasteiger partial charge in [0.15, 0.2) is 0 Å². The van der Waals surface area contributed by atoms with Crippen molar-refractivity contribution in [3.8, 4) is 0 Å². The molecule has 0 bridgehead atoms. The molecule has 0 radical (unpaired) electrons. The summed E-state index contributed by atoms with van der Waals surface area (Å²) >= 11 is 0. The van der Waals surface area contributed by atoms with Crippen molar-refractivity contribution < 1.29 is 13.9 Å². The van der Waals surface area contributed by atoms with E-state index in [1.165, 1.54) is 6.08 Å². The maximum absolute atomic E-state index is 13.0. The van der Waals surface area contributed by atoms with Crippen LogP contribution in [0.1, 0.15) is 6.92 Å². The van der Waals surface area contributed by atoms with Gasteiger partial charge >= 0.3 is 5.97 Å². The molecule has 0 heterocycles. The minimum Gasteiger partial charge on any atom is -0.463 e. The fourth-order valence-electron chi connectivity index (χ4n) is 0.674. The molecule has 4 heteroatoms. The lowest BCUT2D eigenvalue weighted by Gasteiger charge is -2.07. The van der Waals surface area contributed by atoms with Crippen LogP contribution in [0.4, 0.5) is 4.39 Å². The van der Waals surface area contributed by atoms with Crippen LogP contribution < -0.4 is 0 Å². The molecule has 0 aliphatic carbocycles. The zero-order valence-electron chi connectivity index (χ0n) is 9.13. The first-order chi connectivity index (χ1) is 6.35. The van der Waals surface area contributed by atoms with Crippen LogP contribution in [0.25, 0.3) is 0 Å². The first-order valence-electron chi connectivity index (χ1n) is 4.58. The van der Waals surface area contributed by atoms with E-state index in [-0.39, 0.29) is 6.61 Å². The molecular formula is C10H17FO2Si. The highest BCUT2D eigenvalue weighted by Gasteiger charge is 2.07. The fourth-order valence-corrected chi connectivity index (χ4v) is 1.33. The molecule has 0 aliphatic heterocycles. The summed E-state index contributed by atoms with van der Waals surface area (Å²) in [6.07, 6.45) is 2.20. The molecule has 14 heavy (non-hydrogen) atoms. The van der Waals surface area contributed by atoms with Gasteiger partial charge in [-0.25, -0.2) is 9.18 Å². The summed E-state index contributed by atoms with van der Waals surface area (Å²) in [5.74, 6) is -1.18. The predicted octanol–water partition coefficient (Wildman–Crippen LogP) is 2.84. The molecule has 2 nitrogen and oxygen atoms in total. The summed E-state index contributed by atoms with van der Waals surface area (Å²) in [6, 6.07) is 0. The normalized spacial score (nSPS) is 13.4. The van der Waals surface area contributed by atoms with Crippen molar-refractivity contribution in [2.45, 2.75) is 26.6 Å². The lowest BCUT2D eigenvalue weighted by atomic mass is 10.4. The highest BCUT2D eigenvalue weighted by molar-refractivity contribution is 6.81. The third-order valence-electron chi connectivity index (χ3n) is 1.28. The largest absolute Gasteiger partial charge is 0.463 e. The molecule has 0 fully saturated rings. The van der Waals surface area contributed by atoms with Gasteiger partial charge in [0.2, 0.25) is 0 Å². The van der Waals surface area contributed by atoms with Crippen molar-refractivity contribution in [2.24, 2.45) is 0 Å². The van der Waals surface area contributed by atoms with E-state index < -0.39 is 19.9 Å². The number of esters is 1. The van der Waals surface area contributed by atoms with Gasteiger partial charge < -0.3 is 4.74 Å². The van der Waals surface area contributed by atoms with E-state index in [1.807, 2.05) is 5.70 Å². The zero-order chi connectivity index (χ0) is 11.2. The average molecular weight is 216 g/mol. The Morgan fingerprint density at radius 3 is 2.43 bits per heavy atom. The molecule has 0 saturated carbocycles. The molecule has 0 aliphatic rings. The SMILES string of the molecule is CCOC(=O)/C=C(F)/C=C/[Si](C)(C)C. The molecule has 0 aromatic carbocycles. The summed E-state index contributed by atoms with van der Waals surface area (Å²) in [5.41, 5.74) is 1.83. The lowest BCUT2D eigenvalue weighted by molar-refractivity contribution is -0.137. The van der Waals surface area contributed by atoms with Crippen LogP contribution in [0.15, 0.2) is 23.7 Å². The Bertz CT molecular complexity index is 251. The van der Waals surface area contributed by atoms with Gasteiger partial charge in [0.1, 0.15) is 5.83 Å². The van der Waals surface area contributed by atoms with E-state index >= 15 is 0 Å². The Morgan fingerprint density at radius 2 is 2.00 bits per heavy atom. The molecule has 0 rings (SSSR count). The Kier molecular flexibility index (Phi) is 5.38. The molecule has 0 aromatic heterocycles. The predicted molar refractivity (Wildman–Crippen MR) is 58.3 cm³/mol. The van der Waals surface area contributed by atoms with Crippen LogP contribution in [0.5, 0.6) is 0 Å². The number of ether oxygens (including phenoxy) is 1. The maximum Gasteiger partial charge on any atom is 0.333 e. The van der Waals surface area contributed by atoms with Gasteiger partial charge in [-0.2, -0.15) is 0 Å². The van der Waals surface area contributed by atoms with Crippen LogP contribution in [0, 0.1) is 0 Å². The van der Waals surface area contributed by atoms with Gasteiger partial charge in [0, 0.05) is 0 Å². The summed E-state index contributed by atoms with van der Waals surface area (Å²) in [6.45, 7) is 8.20. The van der Waals surface area contributed by atoms with E-state index in [4.69, 9.17) is 0 Å². The third-order valence-corrected chi connectivity index (χ3v) is 2.45. The highest BCUT2D eigenvalue weighted by Crippen LogP contribution is 2.06. The van der Waals surface area contributed by atoms with Gasteiger partial charge in [-0.15, -0.1) is 0 Å². The van der Waals surface area contributed by atoms with E-state index in [0.717, 1.165) is 6.08 Å². The second kappa shape index (κ2) is 5.75. The first kappa shape index (κ1) is 13.1. The van der Waals surface area contributed by atoms with E-state index in [0.29, 0.717) is 0 Å². The van der Waals surface area contributed by atoms with Crippen LogP contribution in [0.2, 0.25) is 19.6 Å². The minimum absolute atomic E-state index is 0.264. The van der Waals surface area contributed by atoms with Crippen molar-refractivity contribution in [2.75, 3.05) is 6.61 Å². The molecule has 0 unspecified atom stereocenters. The van der Waals surface area contributed by atoms with Crippen molar-refractivity contribution >= 4 is 14.0 Å². The molecule has 0 spiro atoms. The number of carbonyl (C=O) groups excluding carboxylic acids is 1. The number of halogens is 1. The van der Waals surface area contributed by atoms with Gasteiger partial charge in [0.25, 0.3) is 0 Å². The minimum atomic E-state index is -1.40. The maximum atomic E-state index is 13.0. The summed E-state index contributed by atoms with van der Waals surface area (Å²) in [7, 11) is -1.40. The van der Waals surface area contributed by atoms with E-state index in [9.17, 15) is 9.18 Å². The van der Waals surface area contributed by atoms with Gasteiger partial charge in [-0.1, -0.05) is 25.3 Å². The molecule has 0 amide bonds. The second-order valence-electron chi connectivity index (χ2n) is 3.98. The third kappa shape index (κ3) is 7.73. The second-order valence-corrected chi connectivity index (χ2v) is 9.05. The van der Waals surface area contributed by atoms with Gasteiger partial charge in [-0.05, 0) is 13.0 Å². The number of allylic oxidation sites excluding steroid dienone is 2. The Hall–Kier alpha value is -0.903. The zero-order valence-corrected chi connectivity index (χ0v) is 10.1. The number of carbonyl (C=O) groups is 1. The standard InChI is InChI=1S/C10H17FO2Si/c1-5-13-10(12)8-9(11)6-7-14(2,3)4/h6-8H,5H2,1-4H3/b7-6+,9-8-. The first-order valence-corrected chi connectivity index (χ1v) is 8.16. The van der Waals surface area contributed by atoms with E-state index in [1.54, 1.807) is 6.92 Å². The number of rotatable bonds is 4. The van der Waals surface area contributed by atoms with Crippen molar-refractivity contribution in [3.63, 3.8) is 0 Å². The van der Waals surface area contributed by atoms with Crippen LogP contribution in [-0.4, -0.2) is 20.7 Å². The van der Waals surface area contributed by atoms with E-state index in [2.05, 4.69) is 24.4 Å². The molecular weight excluding hydrogens is 199 g/mol. The van der Waals surface area contributed by atoms with Crippen LogP contribution in [-0.2, 0) is 9.53 Å². The summed E-state index contributed by atoms with van der Waals surface area (Å²) in [4.78, 5) is 10.8. The molecule has 0 atom stereocenters. The average Bonchev–Trinajstić information content (AvgIpc) is 2.00. The quantitative estimate of drug-likeness (QED) is 0.312. The molecule has 80 valence electrons. The Morgan fingerprint density at radius 1 is 1.43 bits per heavy atom. The van der Waals surface area contributed by atoms with Gasteiger partial charge in [-0.3, -0.25) is 0 Å². The molecule has 0 N–H and O–H groups in total. The van der Waals surface area contributed by atoms with Crippen LogP contribution >= 0.6 is 0 Å². The lowest BCUT2D eigenvalue weighted by Crippen LogP contribution is -2.15. The smallest absolute Gasteiger partial charge is 0.333 e. The fraction of sp³-hybridized carbons (Fsp3) is 0.500. The topological polar surface area (TPSA) is 26.3 Å². The van der Waals surface area contributed by atoms with Crippen molar-refractivity contribution in [1.29, 1.82) is 0 Å². The monoisotopic (exact) mass is 216 g/mol. The molecule has 0 saturated heterocycles. The van der Waals surface area contributed by atoms with Crippen molar-refractivity contribution in [3.05, 3.63) is 23.7 Å². The Labute approximate surface area is 85.5 Å². The van der Waals surface area contributed by atoms with Gasteiger partial charge in [0.05, 0.1) is 20.8 Å². The van der Waals surface area contributed by atoms with Crippen molar-refractivity contribution in [1.82, 2.24) is 0 Å². The summed E-state index contributed by atoms with van der Waals surface area (Å²) < 4.78 is 17.6. The molecule has 0 aromatic rings. The summed E-state index contributed by atoms with van der Waals surface area (Å²) in [5, 5.41) is 0.